The number of carbonyl (C=O) groups excluding carboxylic acids is 2. The molecule has 0 radical (unpaired) electrons. The van der Waals surface area contributed by atoms with E-state index in [2.05, 4.69) is 16.0 Å². The molecule has 0 aromatic carbocycles. The number of urea groups is 1. The Balaban J connectivity index is 2.28. The van der Waals surface area contributed by atoms with Crippen molar-refractivity contribution in [3.63, 3.8) is 0 Å². The highest BCUT2D eigenvalue weighted by Crippen LogP contribution is 2.17. The maximum Gasteiger partial charge on any atom is 0.321 e. The number of rotatable bonds is 6. The Kier molecular flexibility index (Phi) is 7.14. The van der Waals surface area contributed by atoms with Gasteiger partial charge in [0.1, 0.15) is 6.04 Å². The summed E-state index contributed by atoms with van der Waals surface area (Å²) in [5, 5.41) is 16.6. The summed E-state index contributed by atoms with van der Waals surface area (Å²) >= 11 is 0. The third kappa shape index (κ3) is 6.57. The lowest BCUT2D eigenvalue weighted by molar-refractivity contribution is -0.140. The Morgan fingerprint density at radius 1 is 1.14 bits per heavy atom. The normalized spacial score (nSPS) is 17.3. The van der Waals surface area contributed by atoms with Gasteiger partial charge in [0, 0.05) is 6.04 Å². The molecule has 1 fully saturated rings. The van der Waals surface area contributed by atoms with E-state index in [0.29, 0.717) is 0 Å². The molecule has 0 heterocycles. The van der Waals surface area contributed by atoms with Crippen molar-refractivity contribution in [2.75, 3.05) is 6.54 Å². The molecule has 120 valence electrons. The molecule has 1 aliphatic rings. The zero-order valence-corrected chi connectivity index (χ0v) is 12.6. The third-order valence-corrected chi connectivity index (χ3v) is 3.61. The van der Waals surface area contributed by atoms with Gasteiger partial charge in [0.25, 0.3) is 0 Å². The molecule has 0 aromatic rings. The van der Waals surface area contributed by atoms with Crippen LogP contribution in [0.2, 0.25) is 0 Å². The van der Waals surface area contributed by atoms with Crippen molar-refractivity contribution in [3.8, 4) is 0 Å². The second-order valence-electron chi connectivity index (χ2n) is 5.80. The fraction of sp³-hybridized carbons (Fsp3) is 0.786. The Morgan fingerprint density at radius 3 is 2.29 bits per heavy atom. The highest BCUT2D eigenvalue weighted by molar-refractivity contribution is 5.95. The minimum Gasteiger partial charge on any atom is -0.480 e. The second kappa shape index (κ2) is 8.61. The van der Waals surface area contributed by atoms with Gasteiger partial charge >= 0.3 is 12.0 Å². The molecule has 1 atom stereocenters. The van der Waals surface area contributed by atoms with Crippen LogP contribution >= 0.6 is 0 Å². The van der Waals surface area contributed by atoms with E-state index in [9.17, 15) is 14.4 Å². The molecule has 21 heavy (non-hydrogen) atoms. The summed E-state index contributed by atoms with van der Waals surface area (Å²) in [5.41, 5.74) is 0. The van der Waals surface area contributed by atoms with Crippen molar-refractivity contribution in [3.05, 3.63) is 0 Å². The lowest BCUT2D eigenvalue weighted by atomic mass is 9.96. The first-order valence-corrected chi connectivity index (χ1v) is 7.46. The molecule has 0 bridgehead atoms. The van der Waals surface area contributed by atoms with Crippen LogP contribution in [0.25, 0.3) is 0 Å². The van der Waals surface area contributed by atoms with Gasteiger partial charge in [-0.25, -0.2) is 4.79 Å². The number of aliphatic carboxylic acids is 1. The SMILES string of the molecule is CC(C)C(NCC(=O)NC(=O)NC1CCCCC1)C(=O)O. The molecule has 1 aliphatic carbocycles. The molecule has 3 amide bonds. The Bertz CT molecular complexity index is 378. The number of carboxylic acids is 1. The largest absolute Gasteiger partial charge is 0.480 e. The van der Waals surface area contributed by atoms with E-state index in [0.717, 1.165) is 25.7 Å². The van der Waals surface area contributed by atoms with E-state index >= 15 is 0 Å². The molecule has 0 aliphatic heterocycles. The Hall–Kier alpha value is -1.63. The molecule has 1 saturated carbocycles. The molecule has 7 nitrogen and oxygen atoms in total. The minimum atomic E-state index is -1.01. The van der Waals surface area contributed by atoms with E-state index in [-0.39, 0.29) is 18.5 Å². The van der Waals surface area contributed by atoms with Crippen molar-refractivity contribution in [2.45, 2.75) is 58.0 Å². The van der Waals surface area contributed by atoms with Crippen LogP contribution < -0.4 is 16.0 Å². The van der Waals surface area contributed by atoms with Gasteiger partial charge in [-0.2, -0.15) is 0 Å². The second-order valence-corrected chi connectivity index (χ2v) is 5.80. The van der Waals surface area contributed by atoms with Crippen molar-refractivity contribution < 1.29 is 19.5 Å². The predicted octanol–water partition coefficient (Wildman–Crippen LogP) is 0.844. The first-order valence-electron chi connectivity index (χ1n) is 7.46. The lowest BCUT2D eigenvalue weighted by Crippen LogP contribution is -2.50. The van der Waals surface area contributed by atoms with Crippen LogP contribution in [0.15, 0.2) is 0 Å². The summed E-state index contributed by atoms with van der Waals surface area (Å²) in [6, 6.07) is -1.19. The van der Waals surface area contributed by atoms with Crippen LogP contribution in [-0.4, -0.2) is 41.6 Å². The van der Waals surface area contributed by atoms with Gasteiger partial charge in [-0.1, -0.05) is 33.1 Å². The molecule has 4 N–H and O–H groups in total. The maximum absolute atomic E-state index is 11.6. The minimum absolute atomic E-state index is 0.127. The van der Waals surface area contributed by atoms with Crippen LogP contribution in [0.1, 0.15) is 46.0 Å². The van der Waals surface area contributed by atoms with Gasteiger partial charge in [-0.05, 0) is 18.8 Å². The van der Waals surface area contributed by atoms with Gasteiger partial charge in [0.15, 0.2) is 0 Å². The molecule has 1 unspecified atom stereocenters. The number of hydrogen-bond acceptors (Lipinski definition) is 4. The monoisotopic (exact) mass is 299 g/mol. The highest BCUT2D eigenvalue weighted by Gasteiger charge is 2.22. The summed E-state index contributed by atoms with van der Waals surface area (Å²) in [7, 11) is 0. The molecule has 0 spiro atoms. The summed E-state index contributed by atoms with van der Waals surface area (Å²) in [4.78, 5) is 34.2. The van der Waals surface area contributed by atoms with Crippen molar-refractivity contribution >= 4 is 17.9 Å². The number of carbonyl (C=O) groups is 3. The standard InChI is InChI=1S/C14H25N3O4/c1-9(2)12(13(19)20)15-8-11(18)17-14(21)16-10-6-4-3-5-7-10/h9-10,12,15H,3-8H2,1-2H3,(H,19,20)(H2,16,17,18,21). The van der Waals surface area contributed by atoms with Crippen molar-refractivity contribution in [1.29, 1.82) is 0 Å². The summed E-state index contributed by atoms with van der Waals surface area (Å²) in [6.07, 6.45) is 5.25. The topological polar surface area (TPSA) is 108 Å². The summed E-state index contributed by atoms with van der Waals surface area (Å²) in [6.45, 7) is 3.30. The van der Waals surface area contributed by atoms with E-state index in [1.54, 1.807) is 13.8 Å². The van der Waals surface area contributed by atoms with Crippen molar-refractivity contribution in [1.82, 2.24) is 16.0 Å². The first-order chi connectivity index (χ1) is 9.90. The fourth-order valence-corrected chi connectivity index (χ4v) is 2.45. The van der Waals surface area contributed by atoms with Crippen LogP contribution in [0.4, 0.5) is 4.79 Å². The van der Waals surface area contributed by atoms with Crippen LogP contribution in [0.5, 0.6) is 0 Å². The van der Waals surface area contributed by atoms with E-state index in [1.807, 2.05) is 0 Å². The zero-order chi connectivity index (χ0) is 15.8. The highest BCUT2D eigenvalue weighted by atomic mass is 16.4. The molecule has 7 heteroatoms. The molecular weight excluding hydrogens is 274 g/mol. The smallest absolute Gasteiger partial charge is 0.321 e. The molecular formula is C14H25N3O4. The lowest BCUT2D eigenvalue weighted by Gasteiger charge is -2.22. The summed E-state index contributed by atoms with van der Waals surface area (Å²) < 4.78 is 0. The van der Waals surface area contributed by atoms with Crippen LogP contribution in [0, 0.1) is 5.92 Å². The number of hydrogen-bond donors (Lipinski definition) is 4. The molecule has 0 saturated heterocycles. The average Bonchev–Trinajstić information content (AvgIpc) is 2.38. The Morgan fingerprint density at radius 2 is 1.76 bits per heavy atom. The Labute approximate surface area is 124 Å². The van der Waals surface area contributed by atoms with Gasteiger partial charge in [-0.15, -0.1) is 0 Å². The van der Waals surface area contributed by atoms with E-state index in [4.69, 9.17) is 5.11 Å². The molecule has 0 aromatic heterocycles. The van der Waals surface area contributed by atoms with E-state index in [1.165, 1.54) is 6.42 Å². The van der Waals surface area contributed by atoms with Gasteiger partial charge in [0.05, 0.1) is 6.54 Å². The number of nitrogens with one attached hydrogen (secondary N) is 3. The number of imide groups is 1. The summed E-state index contributed by atoms with van der Waals surface area (Å²) in [5.74, 6) is -1.69. The molecule has 1 rings (SSSR count). The van der Waals surface area contributed by atoms with Crippen molar-refractivity contribution in [2.24, 2.45) is 5.92 Å². The van der Waals surface area contributed by atoms with Gasteiger partial charge < -0.3 is 10.4 Å². The fourth-order valence-electron chi connectivity index (χ4n) is 2.45. The quantitative estimate of drug-likeness (QED) is 0.581. The van der Waals surface area contributed by atoms with Gasteiger partial charge in [0.2, 0.25) is 5.91 Å². The van der Waals surface area contributed by atoms with Crippen LogP contribution in [-0.2, 0) is 9.59 Å². The zero-order valence-electron chi connectivity index (χ0n) is 12.6. The maximum atomic E-state index is 11.6. The third-order valence-electron chi connectivity index (χ3n) is 3.61. The number of carboxylic acid groups (broad SMARTS) is 1. The van der Waals surface area contributed by atoms with Gasteiger partial charge in [-0.3, -0.25) is 20.2 Å². The first kappa shape index (κ1) is 17.4. The number of amides is 3. The predicted molar refractivity (Wildman–Crippen MR) is 77.8 cm³/mol. The van der Waals surface area contributed by atoms with Crippen LogP contribution in [0.3, 0.4) is 0 Å². The average molecular weight is 299 g/mol. The van der Waals surface area contributed by atoms with E-state index < -0.39 is 23.9 Å².